The number of ether oxygens (including phenoxy) is 2. The van der Waals surface area contributed by atoms with Gasteiger partial charge in [-0.25, -0.2) is 36.8 Å². The van der Waals surface area contributed by atoms with Crippen molar-refractivity contribution in [3.8, 4) is 32.9 Å². The minimum Gasteiger partial charge on any atom is -0.477 e. The van der Waals surface area contributed by atoms with Gasteiger partial charge in [0.05, 0.1) is 93.1 Å². The van der Waals surface area contributed by atoms with Gasteiger partial charge in [-0.05, 0) is 127 Å². The van der Waals surface area contributed by atoms with E-state index in [2.05, 4.69) is 69.7 Å². The monoisotopic (exact) mass is 1110 g/mol. The Hall–Kier alpha value is -6.32. The third-order valence-electron chi connectivity index (χ3n) is 13.7. The Labute approximate surface area is 449 Å². The summed E-state index contributed by atoms with van der Waals surface area (Å²) in [5.74, 6) is -0.308. The first-order valence-electron chi connectivity index (χ1n) is 25.7. The van der Waals surface area contributed by atoms with Gasteiger partial charge in [-0.3, -0.25) is 39.0 Å². The summed E-state index contributed by atoms with van der Waals surface area (Å²) in [6, 6.07) is 5.54. The first-order valence-corrected chi connectivity index (χ1v) is 30.4. The molecule has 4 atom stereocenters. The smallest absolute Gasteiger partial charge is 0.280 e. The maximum Gasteiger partial charge on any atom is 0.280 e. The van der Waals surface area contributed by atoms with Crippen molar-refractivity contribution in [3.05, 3.63) is 95.2 Å². The van der Waals surface area contributed by atoms with Gasteiger partial charge in [0.15, 0.2) is 10.0 Å². The highest BCUT2D eigenvalue weighted by molar-refractivity contribution is 7.93. The number of nitrogens with zero attached hydrogens (tertiary/aromatic N) is 10. The molecule has 6 aromatic rings. The molecule has 8 heterocycles. The number of anilines is 2. The van der Waals surface area contributed by atoms with Crippen molar-refractivity contribution in [2.45, 2.75) is 93.7 Å². The number of amides is 2. The van der Waals surface area contributed by atoms with Crippen LogP contribution in [0, 0.1) is 5.92 Å². The fourth-order valence-electron chi connectivity index (χ4n) is 9.37. The molecule has 0 aromatic carbocycles. The first-order chi connectivity index (χ1) is 36.9. The highest BCUT2D eigenvalue weighted by Crippen LogP contribution is 2.41. The Morgan fingerprint density at radius 2 is 1.17 bits per heavy atom. The predicted molar refractivity (Wildman–Crippen MR) is 287 cm³/mol. The topological polar surface area (TPSA) is 279 Å². The van der Waals surface area contributed by atoms with Crippen molar-refractivity contribution in [2.75, 3.05) is 61.9 Å². The van der Waals surface area contributed by atoms with Crippen LogP contribution in [0.25, 0.3) is 21.1 Å². The summed E-state index contributed by atoms with van der Waals surface area (Å²) >= 11 is 2.34. The van der Waals surface area contributed by atoms with Crippen LogP contribution in [0.2, 0.25) is 0 Å². The number of hydrogen-bond donors (Lipinski definition) is 4. The number of rotatable bonds is 26. The van der Waals surface area contributed by atoms with Gasteiger partial charge in [0.1, 0.15) is 11.4 Å². The molecule has 10 rings (SSSR count). The first kappa shape index (κ1) is 53.1. The number of nitrogens with one attached hydrogen (secondary N) is 4. The van der Waals surface area contributed by atoms with Crippen molar-refractivity contribution >= 4 is 65.9 Å². The number of sulfonamides is 2. The molecule has 4 fully saturated rings. The Balaban J connectivity index is 0.729. The van der Waals surface area contributed by atoms with E-state index in [4.69, 9.17) is 9.47 Å². The van der Waals surface area contributed by atoms with Crippen molar-refractivity contribution in [1.82, 2.24) is 60.3 Å². The van der Waals surface area contributed by atoms with Crippen LogP contribution in [-0.4, -0.2) is 141 Å². The molecule has 0 bridgehead atoms. The maximum atomic E-state index is 13.8. The molecule has 6 aromatic heterocycles. The second-order valence-corrected chi connectivity index (χ2v) is 25.2. The average molecular weight is 1110 g/mol. The van der Waals surface area contributed by atoms with E-state index in [9.17, 15) is 26.4 Å². The van der Waals surface area contributed by atoms with Gasteiger partial charge in [-0.1, -0.05) is 0 Å². The lowest BCUT2D eigenvalue weighted by Crippen LogP contribution is -2.32. The Kier molecular flexibility index (Phi) is 16.7. The quantitative estimate of drug-likeness (QED) is 0.0476. The Morgan fingerprint density at radius 1 is 0.671 bits per heavy atom. The molecule has 2 amide bonds. The van der Waals surface area contributed by atoms with Crippen LogP contribution in [0.3, 0.4) is 0 Å². The molecule has 0 spiro atoms. The van der Waals surface area contributed by atoms with E-state index in [-0.39, 0.29) is 39.6 Å². The second-order valence-electron chi connectivity index (χ2n) is 19.3. The van der Waals surface area contributed by atoms with E-state index in [1.54, 1.807) is 61.4 Å². The van der Waals surface area contributed by atoms with Crippen molar-refractivity contribution in [2.24, 2.45) is 5.92 Å². The molecular formula is C50H60N14O8S4. The zero-order valence-electron chi connectivity index (χ0n) is 41.9. The summed E-state index contributed by atoms with van der Waals surface area (Å²) in [7, 11) is -7.28. The van der Waals surface area contributed by atoms with Gasteiger partial charge >= 0.3 is 0 Å². The number of pyridine rings is 2. The normalized spacial score (nSPS) is 18.7. The minimum atomic E-state index is -3.79. The van der Waals surface area contributed by atoms with Crippen LogP contribution in [0.5, 0.6) is 11.8 Å². The Morgan fingerprint density at radius 3 is 1.67 bits per heavy atom. The van der Waals surface area contributed by atoms with Crippen molar-refractivity contribution in [1.29, 1.82) is 0 Å². The standard InChI is InChI=1S/C50H60N14O8S4/c1-2-71-45-30-51-26-40(57-45)42-28-55-49(73-42)47(65)60-37(12-21-64-18-5-6-19-64)39-25-34(10-15-54-39)62-76(69,70)44-23-32(44)13-22-72-46-31-52-27-41(58-46)43-29-56-50(74-43)48(66)59-36(11-20-63-16-3-4-17-63)38-24-33(9-14-53-38)61-75(67,68)35-7-8-35/h9-10,14-15,24-32,35-37,44H,2-8,11-13,16-23H2,1H3,(H,53,61)(H,54,62)(H,59,66)(H,60,65)/t32?,36-,37+,44?/m0/s1. The molecule has 22 nitrogen and oxygen atoms in total. The Bertz CT molecular complexity index is 3220. The molecule has 4 N–H and O–H groups in total. The van der Waals surface area contributed by atoms with Gasteiger partial charge in [0.25, 0.3) is 11.8 Å². The lowest BCUT2D eigenvalue weighted by molar-refractivity contribution is 0.0922. The fourth-order valence-corrected chi connectivity index (χ4v) is 14.0. The van der Waals surface area contributed by atoms with E-state index in [1.165, 1.54) is 23.7 Å². The second kappa shape index (κ2) is 23.9. The van der Waals surface area contributed by atoms with E-state index in [1.807, 2.05) is 6.92 Å². The molecule has 26 heteroatoms. The number of likely N-dealkylation sites (tertiary alicyclic amines) is 2. The van der Waals surface area contributed by atoms with Crippen LogP contribution in [-0.2, 0) is 20.0 Å². The molecule has 76 heavy (non-hydrogen) atoms. The number of thiazole rings is 2. The summed E-state index contributed by atoms with van der Waals surface area (Å²) in [4.78, 5) is 68.9. The van der Waals surface area contributed by atoms with E-state index in [0.29, 0.717) is 94.9 Å². The van der Waals surface area contributed by atoms with Gasteiger partial charge in [-0.2, -0.15) is 0 Å². The highest BCUT2D eigenvalue weighted by atomic mass is 32.2. The number of hydrogen-bond acceptors (Lipinski definition) is 20. The summed E-state index contributed by atoms with van der Waals surface area (Å²) in [5.41, 5.74) is 2.82. The lowest BCUT2D eigenvalue weighted by atomic mass is 10.1. The largest absolute Gasteiger partial charge is 0.477 e. The van der Waals surface area contributed by atoms with Gasteiger partial charge < -0.3 is 29.9 Å². The number of carbonyl (C=O) groups excluding carboxylic acids is 2. The highest BCUT2D eigenvalue weighted by Gasteiger charge is 2.47. The van der Waals surface area contributed by atoms with Crippen molar-refractivity contribution < 1.29 is 35.9 Å². The molecule has 402 valence electrons. The summed E-state index contributed by atoms with van der Waals surface area (Å²) in [5, 5.41) is 5.64. The fraction of sp³-hybridized carbons (Fsp3) is 0.480. The number of carbonyl (C=O) groups is 2. The lowest BCUT2D eigenvalue weighted by Gasteiger charge is -2.22. The third kappa shape index (κ3) is 13.8. The van der Waals surface area contributed by atoms with Crippen LogP contribution in [0.4, 0.5) is 11.4 Å². The molecule has 4 aliphatic rings. The van der Waals surface area contributed by atoms with Crippen LogP contribution in [0.1, 0.15) is 114 Å². The van der Waals surface area contributed by atoms with E-state index >= 15 is 0 Å². The molecule has 2 saturated carbocycles. The SMILES string of the molecule is CCOc1cncc(-c2cnc(C(=O)N[C@H](CCN3CCCC3)c3cc(NS(=O)(=O)C4CC4CCOc4cncc(-c5cnc(C(=O)N[C@@H](CCN6CCCC6)c6cc(NS(=O)(=O)C7CC7)ccn6)s5)n4)ccn3)s2)n1. The van der Waals surface area contributed by atoms with Crippen LogP contribution < -0.4 is 29.6 Å². The van der Waals surface area contributed by atoms with Crippen LogP contribution >= 0.6 is 22.7 Å². The third-order valence-corrected chi connectivity index (χ3v) is 19.5. The zero-order chi connectivity index (χ0) is 52.7. The van der Waals surface area contributed by atoms with E-state index < -0.39 is 43.3 Å². The molecule has 2 saturated heterocycles. The minimum absolute atomic E-state index is 0.148. The summed E-state index contributed by atoms with van der Waals surface area (Å²) in [6.07, 6.45) is 20.2. The zero-order valence-corrected chi connectivity index (χ0v) is 45.2. The average Bonchev–Trinajstić information content (AvgIpc) is 4.04. The predicted octanol–water partition coefficient (Wildman–Crippen LogP) is 6.12. The summed E-state index contributed by atoms with van der Waals surface area (Å²) < 4.78 is 69.8. The van der Waals surface area contributed by atoms with Gasteiger partial charge in [0, 0.05) is 37.9 Å². The van der Waals surface area contributed by atoms with Gasteiger partial charge in [-0.15, -0.1) is 22.7 Å². The summed E-state index contributed by atoms with van der Waals surface area (Å²) in [6.45, 7) is 7.89. The van der Waals surface area contributed by atoms with E-state index in [0.717, 1.165) is 76.3 Å². The molecule has 0 radical (unpaired) electrons. The number of aromatic nitrogens is 8. The van der Waals surface area contributed by atoms with Crippen molar-refractivity contribution in [3.63, 3.8) is 0 Å². The molecule has 2 aliphatic heterocycles. The molecular weight excluding hydrogens is 1050 g/mol. The van der Waals surface area contributed by atoms with Crippen LogP contribution in [0.15, 0.2) is 73.8 Å². The maximum absolute atomic E-state index is 13.8. The van der Waals surface area contributed by atoms with Gasteiger partial charge in [0.2, 0.25) is 31.8 Å². The molecule has 2 aliphatic carbocycles. The molecule has 2 unspecified atom stereocenters.